The fourth-order valence-electron chi connectivity index (χ4n) is 3.48. The summed E-state index contributed by atoms with van der Waals surface area (Å²) in [5, 5.41) is 4.32. The van der Waals surface area contributed by atoms with Crippen molar-refractivity contribution >= 4 is 27.5 Å². The fourth-order valence-corrected chi connectivity index (χ4v) is 4.30. The molecule has 2 aromatic heterocycles. The molecule has 0 aliphatic carbocycles. The lowest BCUT2D eigenvalue weighted by Gasteiger charge is -2.14. The molecule has 4 aromatic rings. The first-order chi connectivity index (χ1) is 15.8. The van der Waals surface area contributed by atoms with Crippen LogP contribution < -0.4 is 16.6 Å². The van der Waals surface area contributed by atoms with Crippen molar-refractivity contribution in [3.63, 3.8) is 0 Å². The van der Waals surface area contributed by atoms with Crippen molar-refractivity contribution in [1.29, 1.82) is 0 Å². The zero-order valence-electron chi connectivity index (χ0n) is 17.1. The van der Waals surface area contributed by atoms with Crippen LogP contribution in [-0.2, 0) is 23.9 Å². The van der Waals surface area contributed by atoms with Crippen LogP contribution in [0.4, 0.5) is 13.2 Å². The third-order valence-corrected chi connectivity index (χ3v) is 5.96. The zero-order valence-corrected chi connectivity index (χ0v) is 17.9. The fraction of sp³-hybridized carbons (Fsp3) is 0.174. The molecule has 1 N–H and O–H groups in total. The van der Waals surface area contributed by atoms with Crippen molar-refractivity contribution < 1.29 is 18.0 Å². The van der Waals surface area contributed by atoms with Gasteiger partial charge in [-0.2, -0.15) is 13.2 Å². The maximum absolute atomic E-state index is 13.2. The lowest BCUT2D eigenvalue weighted by Crippen LogP contribution is -2.41. The molecule has 0 atom stereocenters. The van der Waals surface area contributed by atoms with Crippen molar-refractivity contribution in [2.45, 2.75) is 19.1 Å². The van der Waals surface area contributed by atoms with Crippen molar-refractivity contribution in [3.05, 3.63) is 98.0 Å². The summed E-state index contributed by atoms with van der Waals surface area (Å²) in [6.07, 6.45) is -4.04. The maximum Gasteiger partial charge on any atom is 0.416 e. The van der Waals surface area contributed by atoms with Crippen molar-refractivity contribution in [3.8, 4) is 5.69 Å². The Morgan fingerprint density at radius 1 is 1.00 bits per heavy atom. The largest absolute Gasteiger partial charge is 0.416 e. The number of rotatable bonds is 6. The normalized spacial score (nSPS) is 11.6. The van der Waals surface area contributed by atoms with Crippen molar-refractivity contribution in [2.75, 3.05) is 6.54 Å². The number of fused-ring (bicyclic) bond motifs is 1. The quantitative estimate of drug-likeness (QED) is 0.465. The first-order valence-corrected chi connectivity index (χ1v) is 10.8. The summed E-state index contributed by atoms with van der Waals surface area (Å²) in [5.41, 5.74) is -1.52. The molecule has 0 spiro atoms. The summed E-state index contributed by atoms with van der Waals surface area (Å²) in [6, 6.07) is 15.0. The van der Waals surface area contributed by atoms with E-state index in [0.29, 0.717) is 17.5 Å². The molecule has 1 amide bonds. The Kier molecular flexibility index (Phi) is 6.19. The first-order valence-electron chi connectivity index (χ1n) is 9.97. The summed E-state index contributed by atoms with van der Waals surface area (Å²) in [7, 11) is 0. The smallest absolute Gasteiger partial charge is 0.354 e. The van der Waals surface area contributed by atoms with Gasteiger partial charge in [-0.1, -0.05) is 36.4 Å². The molecule has 4 rings (SSSR count). The summed E-state index contributed by atoms with van der Waals surface area (Å²) in [5.74, 6) is -0.449. The van der Waals surface area contributed by atoms with Gasteiger partial charge in [0.1, 0.15) is 11.2 Å². The summed E-state index contributed by atoms with van der Waals surface area (Å²) in [4.78, 5) is 38.6. The average molecular weight is 473 g/mol. The number of thiophene rings is 1. The van der Waals surface area contributed by atoms with Crippen LogP contribution in [-0.4, -0.2) is 21.6 Å². The highest BCUT2D eigenvalue weighted by atomic mass is 32.1. The Balaban J connectivity index is 1.67. The SMILES string of the molecule is O=C(Cn1c(=O)n(-c2cccc(C(F)(F)F)c2)c(=O)c2sccc21)NCCc1ccccc1. The third kappa shape index (κ3) is 4.75. The van der Waals surface area contributed by atoms with Gasteiger partial charge in [-0.15, -0.1) is 11.3 Å². The van der Waals surface area contributed by atoms with Crippen LogP contribution in [0.1, 0.15) is 11.1 Å². The van der Waals surface area contributed by atoms with E-state index in [9.17, 15) is 27.6 Å². The molecule has 10 heteroatoms. The van der Waals surface area contributed by atoms with Gasteiger partial charge >= 0.3 is 11.9 Å². The molecule has 2 heterocycles. The van der Waals surface area contributed by atoms with Crippen LogP contribution in [0.15, 0.2) is 75.6 Å². The molecule has 0 unspecified atom stereocenters. The predicted molar refractivity (Wildman–Crippen MR) is 120 cm³/mol. The predicted octanol–water partition coefficient (Wildman–Crippen LogP) is 3.59. The molecular weight excluding hydrogens is 455 g/mol. The molecule has 0 aliphatic rings. The summed E-state index contributed by atoms with van der Waals surface area (Å²) < 4.78 is 41.4. The number of alkyl halides is 3. The number of hydrogen-bond acceptors (Lipinski definition) is 4. The van der Waals surface area contributed by atoms with Gasteiger partial charge in [-0.25, -0.2) is 9.36 Å². The summed E-state index contributed by atoms with van der Waals surface area (Å²) >= 11 is 1.05. The lowest BCUT2D eigenvalue weighted by molar-refractivity contribution is -0.137. The molecule has 0 aliphatic heterocycles. The molecule has 0 saturated carbocycles. The van der Waals surface area contributed by atoms with Crippen molar-refractivity contribution in [2.24, 2.45) is 0 Å². The lowest BCUT2D eigenvalue weighted by atomic mass is 10.1. The van der Waals surface area contributed by atoms with E-state index in [1.54, 1.807) is 5.38 Å². The number of amides is 1. The van der Waals surface area contributed by atoms with E-state index in [1.165, 1.54) is 12.1 Å². The highest BCUT2D eigenvalue weighted by Gasteiger charge is 2.31. The van der Waals surface area contributed by atoms with Gasteiger partial charge in [-0.05, 0) is 41.6 Å². The van der Waals surface area contributed by atoms with Crippen LogP contribution >= 0.6 is 11.3 Å². The summed E-state index contributed by atoms with van der Waals surface area (Å²) in [6.45, 7) is -0.0300. The van der Waals surface area contributed by atoms with E-state index in [2.05, 4.69) is 5.32 Å². The maximum atomic E-state index is 13.2. The number of aromatic nitrogens is 2. The number of halogens is 3. The highest BCUT2D eigenvalue weighted by Crippen LogP contribution is 2.30. The Labute approximate surface area is 189 Å². The van der Waals surface area contributed by atoms with Gasteiger partial charge in [0.2, 0.25) is 5.91 Å². The van der Waals surface area contributed by atoms with E-state index < -0.39 is 28.9 Å². The minimum atomic E-state index is -4.63. The molecule has 0 bridgehead atoms. The molecule has 0 radical (unpaired) electrons. The minimum Gasteiger partial charge on any atom is -0.354 e. The van der Waals surface area contributed by atoms with Crippen LogP contribution in [0.5, 0.6) is 0 Å². The number of hydrogen-bond donors (Lipinski definition) is 1. The number of carbonyl (C=O) groups is 1. The van der Waals surface area contributed by atoms with Gasteiger partial charge in [-0.3, -0.25) is 14.2 Å². The Morgan fingerprint density at radius 2 is 1.76 bits per heavy atom. The van der Waals surface area contributed by atoms with Gasteiger partial charge in [0.05, 0.1) is 16.8 Å². The van der Waals surface area contributed by atoms with Gasteiger partial charge in [0.25, 0.3) is 5.56 Å². The Morgan fingerprint density at radius 3 is 2.48 bits per heavy atom. The van der Waals surface area contributed by atoms with E-state index in [1.807, 2.05) is 30.3 Å². The Bertz CT molecular complexity index is 1420. The van der Waals surface area contributed by atoms with Crippen molar-refractivity contribution in [1.82, 2.24) is 14.5 Å². The monoisotopic (exact) mass is 473 g/mol. The molecule has 170 valence electrons. The number of carbonyl (C=O) groups excluding carboxylic acids is 1. The second-order valence-corrected chi connectivity index (χ2v) is 8.19. The molecule has 6 nitrogen and oxygen atoms in total. The molecule has 33 heavy (non-hydrogen) atoms. The number of benzene rings is 2. The van der Waals surface area contributed by atoms with Crippen LogP contribution in [0.25, 0.3) is 15.9 Å². The van der Waals surface area contributed by atoms with E-state index in [4.69, 9.17) is 0 Å². The van der Waals surface area contributed by atoms with Gasteiger partial charge in [0.15, 0.2) is 0 Å². The third-order valence-electron chi connectivity index (χ3n) is 5.07. The first kappa shape index (κ1) is 22.5. The minimum absolute atomic E-state index is 0.170. The van der Waals surface area contributed by atoms with Crippen LogP contribution in [0.2, 0.25) is 0 Å². The van der Waals surface area contributed by atoms with E-state index in [-0.39, 0.29) is 22.4 Å². The second kappa shape index (κ2) is 9.07. The zero-order chi connectivity index (χ0) is 23.6. The van der Waals surface area contributed by atoms with Crippen LogP contribution in [0.3, 0.4) is 0 Å². The van der Waals surface area contributed by atoms with Gasteiger partial charge in [0, 0.05) is 6.54 Å². The van der Waals surface area contributed by atoms with E-state index in [0.717, 1.165) is 39.7 Å². The van der Waals surface area contributed by atoms with Gasteiger partial charge < -0.3 is 5.32 Å². The average Bonchev–Trinajstić information content (AvgIpc) is 3.27. The van der Waals surface area contributed by atoms with Crippen LogP contribution in [0, 0.1) is 0 Å². The molecular formula is C23H18F3N3O3S. The van der Waals surface area contributed by atoms with E-state index >= 15 is 0 Å². The Hall–Kier alpha value is -3.66. The molecule has 0 fully saturated rings. The molecule has 0 saturated heterocycles. The highest BCUT2D eigenvalue weighted by molar-refractivity contribution is 7.17. The second-order valence-electron chi connectivity index (χ2n) is 7.28. The topological polar surface area (TPSA) is 73.1 Å². The number of nitrogens with one attached hydrogen (secondary N) is 1. The number of nitrogens with zero attached hydrogens (tertiary/aromatic N) is 2. The molecule has 2 aromatic carbocycles. The standard InChI is InChI=1S/C23H18F3N3O3S/c24-23(25,26)16-7-4-8-17(13-16)29-21(31)20-18(10-12-33-20)28(22(29)32)14-19(30)27-11-9-15-5-2-1-3-6-15/h1-8,10,12-13H,9,11,14H2,(H,27,30).